The van der Waals surface area contributed by atoms with Gasteiger partial charge in [-0.15, -0.1) is 0 Å². The lowest BCUT2D eigenvalue weighted by Crippen LogP contribution is -2.43. The van der Waals surface area contributed by atoms with E-state index in [1.54, 1.807) is 0 Å². The first-order chi connectivity index (χ1) is 16.5. The monoisotopic (exact) mass is 453 g/mol. The van der Waals surface area contributed by atoms with Gasteiger partial charge in [-0.3, -0.25) is 4.90 Å². The second-order valence-electron chi connectivity index (χ2n) is 9.83. The highest BCUT2D eigenvalue weighted by molar-refractivity contribution is 5.79. The number of hydrogen-bond donors (Lipinski definition) is 0. The van der Waals surface area contributed by atoms with Crippen LogP contribution in [0.2, 0.25) is 0 Å². The van der Waals surface area contributed by atoms with Crippen LogP contribution in [0, 0.1) is 19.7 Å². The molecule has 0 N–H and O–H groups in total. The zero-order chi connectivity index (χ0) is 23.4. The van der Waals surface area contributed by atoms with Gasteiger partial charge in [0.15, 0.2) is 0 Å². The van der Waals surface area contributed by atoms with Crippen molar-refractivity contribution in [2.75, 3.05) is 6.61 Å². The Balaban J connectivity index is 1.21. The van der Waals surface area contributed by atoms with Crippen molar-refractivity contribution in [3.8, 4) is 11.1 Å². The summed E-state index contributed by atoms with van der Waals surface area (Å²) >= 11 is 0. The van der Waals surface area contributed by atoms with Crippen LogP contribution >= 0.6 is 0 Å². The van der Waals surface area contributed by atoms with E-state index in [-0.39, 0.29) is 29.9 Å². The van der Waals surface area contributed by atoms with Gasteiger partial charge in [-0.2, -0.15) is 0 Å². The number of benzene rings is 3. The van der Waals surface area contributed by atoms with Gasteiger partial charge in [-0.05, 0) is 89.8 Å². The normalized spacial score (nSPS) is 20.7. The number of aryl methyl sites for hydroxylation is 2. The van der Waals surface area contributed by atoms with Crippen LogP contribution in [0.1, 0.15) is 53.0 Å². The largest absolute Gasteiger partial charge is 0.448 e. The predicted molar refractivity (Wildman–Crippen MR) is 132 cm³/mol. The number of amides is 1. The average molecular weight is 454 g/mol. The van der Waals surface area contributed by atoms with Crippen molar-refractivity contribution in [1.82, 2.24) is 4.90 Å². The molecular formula is C30H28FNO2. The molecule has 34 heavy (non-hydrogen) atoms. The van der Waals surface area contributed by atoms with E-state index in [1.165, 1.54) is 27.8 Å². The molecule has 3 aromatic carbocycles. The summed E-state index contributed by atoms with van der Waals surface area (Å²) < 4.78 is 20.1. The van der Waals surface area contributed by atoms with Gasteiger partial charge in [-0.1, -0.05) is 54.6 Å². The summed E-state index contributed by atoms with van der Waals surface area (Å²) in [4.78, 5) is 15.2. The Morgan fingerprint density at radius 2 is 1.59 bits per heavy atom. The van der Waals surface area contributed by atoms with Crippen molar-refractivity contribution in [3.05, 3.63) is 100 Å². The second-order valence-corrected chi connectivity index (χ2v) is 9.83. The first-order valence-electron chi connectivity index (χ1n) is 12.1. The minimum atomic E-state index is -0.226. The Labute approximate surface area is 199 Å². The smallest absolute Gasteiger partial charge is 0.410 e. The number of ether oxygens (including phenoxy) is 1. The molecule has 0 aromatic heterocycles. The lowest BCUT2D eigenvalue weighted by molar-refractivity contribution is 0.0866. The third-order valence-corrected chi connectivity index (χ3v) is 7.75. The van der Waals surface area contributed by atoms with E-state index >= 15 is 0 Å². The van der Waals surface area contributed by atoms with Crippen molar-refractivity contribution in [2.24, 2.45) is 0 Å². The molecular weight excluding hydrogens is 425 g/mol. The SMILES string of the molecule is Cc1cc(C2=CC3CCC(C2)N3C(=O)OCC2c3ccccc3-c3ccccc32)cc(C)c1F. The van der Waals surface area contributed by atoms with E-state index in [4.69, 9.17) is 4.74 Å². The summed E-state index contributed by atoms with van der Waals surface area (Å²) in [6.07, 6.45) is 4.66. The van der Waals surface area contributed by atoms with Gasteiger partial charge >= 0.3 is 6.09 Å². The zero-order valence-electron chi connectivity index (χ0n) is 19.6. The molecule has 2 aliphatic heterocycles. The van der Waals surface area contributed by atoms with Gasteiger partial charge in [0, 0.05) is 12.0 Å². The molecule has 1 aliphatic carbocycles. The number of carbonyl (C=O) groups is 1. The summed E-state index contributed by atoms with van der Waals surface area (Å²) in [5.41, 5.74) is 8.53. The van der Waals surface area contributed by atoms with Gasteiger partial charge < -0.3 is 4.74 Å². The van der Waals surface area contributed by atoms with Crippen LogP contribution in [-0.2, 0) is 4.74 Å². The van der Waals surface area contributed by atoms with Crippen molar-refractivity contribution in [3.63, 3.8) is 0 Å². The summed E-state index contributed by atoms with van der Waals surface area (Å²) in [7, 11) is 0. The molecule has 2 heterocycles. The van der Waals surface area contributed by atoms with Gasteiger partial charge in [-0.25, -0.2) is 9.18 Å². The highest BCUT2D eigenvalue weighted by Gasteiger charge is 2.41. The Morgan fingerprint density at radius 3 is 2.21 bits per heavy atom. The predicted octanol–water partition coefficient (Wildman–Crippen LogP) is 7.01. The summed E-state index contributed by atoms with van der Waals surface area (Å²) in [6.45, 7) is 3.97. The van der Waals surface area contributed by atoms with Crippen molar-refractivity contribution >= 4 is 11.7 Å². The van der Waals surface area contributed by atoms with E-state index in [2.05, 4.69) is 54.6 Å². The van der Waals surface area contributed by atoms with Crippen LogP contribution in [0.5, 0.6) is 0 Å². The van der Waals surface area contributed by atoms with Crippen LogP contribution in [0.25, 0.3) is 16.7 Å². The fourth-order valence-electron chi connectivity index (χ4n) is 6.13. The Morgan fingerprint density at radius 1 is 0.971 bits per heavy atom. The quantitative estimate of drug-likeness (QED) is 0.427. The van der Waals surface area contributed by atoms with Crippen molar-refractivity contribution in [1.29, 1.82) is 0 Å². The van der Waals surface area contributed by atoms with Crippen LogP contribution in [0.15, 0.2) is 66.7 Å². The molecule has 2 bridgehead atoms. The lowest BCUT2D eigenvalue weighted by atomic mass is 9.92. The van der Waals surface area contributed by atoms with Crippen LogP contribution in [-0.4, -0.2) is 29.7 Å². The molecule has 3 nitrogen and oxygen atoms in total. The van der Waals surface area contributed by atoms with Crippen LogP contribution < -0.4 is 0 Å². The molecule has 3 aromatic rings. The third-order valence-electron chi connectivity index (χ3n) is 7.75. The first kappa shape index (κ1) is 21.2. The number of rotatable bonds is 3. The lowest BCUT2D eigenvalue weighted by Gasteiger charge is -2.33. The molecule has 1 saturated heterocycles. The van der Waals surface area contributed by atoms with Gasteiger partial charge in [0.05, 0.1) is 6.04 Å². The summed E-state index contributed by atoms with van der Waals surface area (Å²) in [6, 6.07) is 20.8. The average Bonchev–Trinajstić information content (AvgIpc) is 3.31. The van der Waals surface area contributed by atoms with Gasteiger partial charge in [0.1, 0.15) is 12.4 Å². The topological polar surface area (TPSA) is 29.5 Å². The highest BCUT2D eigenvalue weighted by Crippen LogP contribution is 2.45. The number of hydrogen-bond acceptors (Lipinski definition) is 2. The standard InChI is InChI=1S/C30H28FNO2/c1-18-13-20(14-19(2)29(18)31)21-15-22-11-12-23(16-21)32(22)30(33)34-17-28-26-9-5-3-7-24(26)25-8-4-6-10-27(25)28/h3-10,13-15,22-23,28H,11-12,16-17H2,1-2H3. The molecule has 4 heteroatoms. The highest BCUT2D eigenvalue weighted by atomic mass is 19.1. The van der Waals surface area contributed by atoms with Gasteiger partial charge in [0.2, 0.25) is 0 Å². The molecule has 0 radical (unpaired) electrons. The van der Waals surface area contributed by atoms with Crippen LogP contribution in [0.4, 0.5) is 9.18 Å². The molecule has 1 fully saturated rings. The number of nitrogens with zero attached hydrogens (tertiary/aromatic N) is 1. The van der Waals surface area contributed by atoms with E-state index in [9.17, 15) is 9.18 Å². The maximum absolute atomic E-state index is 14.1. The second kappa shape index (κ2) is 8.12. The Bertz CT molecular complexity index is 1260. The molecule has 2 unspecified atom stereocenters. The minimum Gasteiger partial charge on any atom is -0.448 e. The maximum atomic E-state index is 14.1. The summed E-state index contributed by atoms with van der Waals surface area (Å²) in [5.74, 6) is -0.0709. The fourth-order valence-corrected chi connectivity index (χ4v) is 6.13. The Kier molecular flexibility index (Phi) is 5.05. The van der Waals surface area contributed by atoms with E-state index < -0.39 is 0 Å². The molecule has 3 aliphatic rings. The van der Waals surface area contributed by atoms with Crippen LogP contribution in [0.3, 0.4) is 0 Å². The molecule has 172 valence electrons. The van der Waals surface area contributed by atoms with E-state index in [1.807, 2.05) is 30.9 Å². The van der Waals surface area contributed by atoms with Crippen molar-refractivity contribution in [2.45, 2.75) is 51.1 Å². The number of carbonyl (C=O) groups excluding carboxylic acids is 1. The third kappa shape index (κ3) is 3.35. The molecule has 2 atom stereocenters. The Hall–Kier alpha value is -3.40. The first-order valence-corrected chi connectivity index (χ1v) is 12.1. The maximum Gasteiger partial charge on any atom is 0.410 e. The minimum absolute atomic E-state index is 0.0371. The number of halogens is 1. The zero-order valence-corrected chi connectivity index (χ0v) is 19.6. The molecule has 0 saturated carbocycles. The number of fused-ring (bicyclic) bond motifs is 5. The van der Waals surface area contributed by atoms with Gasteiger partial charge in [0.25, 0.3) is 0 Å². The fraction of sp³-hybridized carbons (Fsp3) is 0.300. The molecule has 6 rings (SSSR count). The summed E-state index contributed by atoms with van der Waals surface area (Å²) in [5, 5.41) is 0. The van der Waals surface area contributed by atoms with Crippen molar-refractivity contribution < 1.29 is 13.9 Å². The molecule has 0 spiro atoms. The van der Waals surface area contributed by atoms with E-state index in [0.29, 0.717) is 17.7 Å². The van der Waals surface area contributed by atoms with E-state index in [0.717, 1.165) is 24.8 Å². The molecule has 1 amide bonds.